The quantitative estimate of drug-likeness (QED) is 0.0539. The van der Waals surface area contributed by atoms with E-state index in [0.717, 1.165) is 38.9 Å². The first-order valence-corrected chi connectivity index (χ1v) is 17.0. The number of allylic oxidation sites excluding steroid dienone is 1. The minimum Gasteiger partial charge on any atom is -0.497 e. The summed E-state index contributed by atoms with van der Waals surface area (Å²) < 4.78 is 5.28. The van der Waals surface area contributed by atoms with Gasteiger partial charge in [0.05, 0.1) is 19.6 Å². The zero-order valence-electron chi connectivity index (χ0n) is 28.6. The van der Waals surface area contributed by atoms with Crippen molar-refractivity contribution in [2.24, 2.45) is 11.8 Å². The third-order valence-corrected chi connectivity index (χ3v) is 8.90. The number of amides is 3. The standard InChI is InChI=1S/C41H44N4O6/c1-50-33-24-22-30(23-25-33)17-11-19-35(36(40(47)44-49)20-10-16-29-12-4-2-5-13-29)39(46)43-38(26-32-27-42-37-21-9-8-18-34(32)37)41(48)45-51-28-31-14-6-3-7-15-31/h2-10,12-16,18,21-25,27,35-36,38,42,49H,11,17,19-20,26,28H2,1H3,(H,43,46)(H,44,47)(H,45,48)/b16-10+/t35-,36+,38+/m0/s1. The third-order valence-electron chi connectivity index (χ3n) is 8.90. The molecule has 0 spiro atoms. The van der Waals surface area contributed by atoms with Gasteiger partial charge in [-0.05, 0) is 66.1 Å². The molecule has 0 bridgehead atoms. The van der Waals surface area contributed by atoms with Gasteiger partial charge in [0.2, 0.25) is 11.8 Å². The molecule has 0 aliphatic heterocycles. The second-order valence-electron chi connectivity index (χ2n) is 12.3. The van der Waals surface area contributed by atoms with Gasteiger partial charge in [-0.3, -0.25) is 24.4 Å². The van der Waals surface area contributed by atoms with Gasteiger partial charge >= 0.3 is 0 Å². The number of rotatable bonds is 18. The van der Waals surface area contributed by atoms with Crippen LogP contribution in [0.25, 0.3) is 17.0 Å². The monoisotopic (exact) mass is 688 g/mol. The highest BCUT2D eigenvalue weighted by Crippen LogP contribution is 2.26. The van der Waals surface area contributed by atoms with E-state index >= 15 is 0 Å². The maximum atomic E-state index is 14.3. The Labute approximate surface area is 297 Å². The van der Waals surface area contributed by atoms with Crippen molar-refractivity contribution in [3.05, 3.63) is 144 Å². The highest BCUT2D eigenvalue weighted by molar-refractivity contribution is 5.92. The second-order valence-corrected chi connectivity index (χ2v) is 12.3. The number of hydrogen-bond donors (Lipinski definition) is 5. The molecule has 51 heavy (non-hydrogen) atoms. The zero-order chi connectivity index (χ0) is 35.8. The number of carbonyl (C=O) groups is 3. The topological polar surface area (TPSA) is 142 Å². The summed E-state index contributed by atoms with van der Waals surface area (Å²) in [5.74, 6) is -2.74. The first-order chi connectivity index (χ1) is 24.9. The van der Waals surface area contributed by atoms with E-state index < -0.39 is 35.6 Å². The summed E-state index contributed by atoms with van der Waals surface area (Å²) in [6.45, 7) is 0.140. The van der Waals surface area contributed by atoms with Crippen molar-refractivity contribution in [3.8, 4) is 5.75 Å². The van der Waals surface area contributed by atoms with Crippen LogP contribution in [0.5, 0.6) is 5.75 Å². The fourth-order valence-corrected chi connectivity index (χ4v) is 6.13. The van der Waals surface area contributed by atoms with Gasteiger partial charge in [0, 0.05) is 29.4 Å². The second kappa shape index (κ2) is 18.9. The van der Waals surface area contributed by atoms with Crippen LogP contribution in [0.1, 0.15) is 41.5 Å². The third kappa shape index (κ3) is 10.6. The number of aryl methyl sites for hydroxylation is 1. The van der Waals surface area contributed by atoms with E-state index in [0.29, 0.717) is 19.3 Å². The van der Waals surface area contributed by atoms with Gasteiger partial charge in [-0.2, -0.15) is 0 Å². The lowest BCUT2D eigenvalue weighted by Gasteiger charge is -2.27. The molecule has 0 unspecified atom stereocenters. The van der Waals surface area contributed by atoms with Crippen LogP contribution in [0, 0.1) is 11.8 Å². The Balaban J connectivity index is 1.38. The van der Waals surface area contributed by atoms with E-state index in [1.54, 1.807) is 12.6 Å². The number of methoxy groups -OCH3 is 1. The summed E-state index contributed by atoms with van der Waals surface area (Å²) in [6.07, 6.45) is 7.41. The molecule has 5 aromatic rings. The lowest BCUT2D eigenvalue weighted by molar-refractivity contribution is -0.143. The molecule has 264 valence electrons. The van der Waals surface area contributed by atoms with Gasteiger partial charge in [-0.25, -0.2) is 11.0 Å². The normalized spacial score (nSPS) is 13.0. The number of nitrogens with one attached hydrogen (secondary N) is 4. The lowest BCUT2D eigenvalue weighted by Crippen LogP contribution is -2.51. The molecular formula is C41H44N4O6. The molecule has 10 heteroatoms. The summed E-state index contributed by atoms with van der Waals surface area (Å²) in [7, 11) is 1.61. The summed E-state index contributed by atoms with van der Waals surface area (Å²) in [6, 6.07) is 33.4. The highest BCUT2D eigenvalue weighted by atomic mass is 16.6. The largest absolute Gasteiger partial charge is 0.497 e. The number of para-hydroxylation sites is 1. The predicted molar refractivity (Wildman–Crippen MR) is 196 cm³/mol. The first kappa shape index (κ1) is 36.6. The number of fused-ring (bicyclic) bond motifs is 1. The van der Waals surface area contributed by atoms with Gasteiger partial charge in [0.15, 0.2) is 0 Å². The van der Waals surface area contributed by atoms with Crippen LogP contribution < -0.4 is 21.0 Å². The average molecular weight is 689 g/mol. The molecule has 1 aromatic heterocycles. The van der Waals surface area contributed by atoms with Crippen LogP contribution >= 0.6 is 0 Å². The van der Waals surface area contributed by atoms with Crippen LogP contribution in [-0.2, 0) is 38.7 Å². The molecule has 5 N–H and O–H groups in total. The van der Waals surface area contributed by atoms with Crippen molar-refractivity contribution in [1.82, 2.24) is 21.3 Å². The van der Waals surface area contributed by atoms with Gasteiger partial charge in [-0.1, -0.05) is 103 Å². The van der Waals surface area contributed by atoms with Crippen molar-refractivity contribution in [3.63, 3.8) is 0 Å². The predicted octanol–water partition coefficient (Wildman–Crippen LogP) is 6.32. The SMILES string of the molecule is COc1ccc(CCC[C@H](C(=O)N[C@H](Cc2c[nH]c3ccccc23)C(=O)NOCc2ccccc2)[C@@H](C/C=C/c2ccccc2)C(=O)NO)cc1. The van der Waals surface area contributed by atoms with Gasteiger partial charge in [-0.15, -0.1) is 0 Å². The lowest BCUT2D eigenvalue weighted by atomic mass is 9.83. The fraction of sp³-hybridized carbons (Fsp3) is 0.244. The van der Waals surface area contributed by atoms with Crippen molar-refractivity contribution in [1.29, 1.82) is 0 Å². The summed E-state index contributed by atoms with van der Waals surface area (Å²) in [5.41, 5.74) is 8.89. The van der Waals surface area contributed by atoms with Crippen LogP contribution in [0.4, 0.5) is 0 Å². The molecule has 5 rings (SSSR count). The molecule has 4 aromatic carbocycles. The van der Waals surface area contributed by atoms with E-state index in [1.807, 2.05) is 128 Å². The Hall–Kier alpha value is -5.71. The van der Waals surface area contributed by atoms with Crippen LogP contribution in [0.15, 0.2) is 121 Å². The summed E-state index contributed by atoms with van der Waals surface area (Å²) in [4.78, 5) is 50.0. The Morgan fingerprint density at radius 2 is 1.51 bits per heavy atom. The van der Waals surface area contributed by atoms with Gasteiger partial charge < -0.3 is 15.0 Å². The zero-order valence-corrected chi connectivity index (χ0v) is 28.6. The molecule has 0 fully saturated rings. The van der Waals surface area contributed by atoms with Crippen molar-refractivity contribution < 1.29 is 29.2 Å². The number of aromatic amines is 1. The van der Waals surface area contributed by atoms with Crippen LogP contribution in [0.2, 0.25) is 0 Å². The molecule has 0 aliphatic carbocycles. The minimum absolute atomic E-state index is 0.140. The van der Waals surface area contributed by atoms with Crippen LogP contribution in [-0.4, -0.2) is 41.1 Å². The Morgan fingerprint density at radius 1 is 0.804 bits per heavy atom. The molecule has 10 nitrogen and oxygen atoms in total. The summed E-state index contributed by atoms with van der Waals surface area (Å²) in [5, 5.41) is 13.7. The van der Waals surface area contributed by atoms with E-state index in [-0.39, 0.29) is 19.4 Å². The maximum absolute atomic E-state index is 14.3. The minimum atomic E-state index is -1.03. The molecule has 1 heterocycles. The molecule has 0 saturated heterocycles. The fourth-order valence-electron chi connectivity index (χ4n) is 6.13. The average Bonchev–Trinajstić information content (AvgIpc) is 3.58. The highest BCUT2D eigenvalue weighted by Gasteiger charge is 2.35. The first-order valence-electron chi connectivity index (χ1n) is 17.0. The number of ether oxygens (including phenoxy) is 1. The molecule has 0 saturated carbocycles. The van der Waals surface area contributed by atoms with Crippen LogP contribution in [0.3, 0.4) is 0 Å². The Morgan fingerprint density at radius 3 is 2.24 bits per heavy atom. The van der Waals surface area contributed by atoms with Crippen molar-refractivity contribution in [2.45, 2.75) is 44.8 Å². The van der Waals surface area contributed by atoms with E-state index in [4.69, 9.17) is 9.57 Å². The van der Waals surface area contributed by atoms with E-state index in [1.165, 1.54) is 0 Å². The van der Waals surface area contributed by atoms with Crippen molar-refractivity contribution in [2.75, 3.05) is 7.11 Å². The number of benzene rings is 4. The molecule has 3 amide bonds. The Kier molecular flexibility index (Phi) is 13.5. The Bertz CT molecular complexity index is 1880. The number of hydrogen-bond acceptors (Lipinski definition) is 6. The van der Waals surface area contributed by atoms with Crippen molar-refractivity contribution >= 4 is 34.7 Å². The maximum Gasteiger partial charge on any atom is 0.266 e. The number of hydroxylamine groups is 2. The molecule has 3 atom stereocenters. The number of aromatic nitrogens is 1. The van der Waals surface area contributed by atoms with E-state index in [2.05, 4.69) is 15.8 Å². The molecule has 0 aliphatic rings. The smallest absolute Gasteiger partial charge is 0.266 e. The van der Waals surface area contributed by atoms with Gasteiger partial charge in [0.25, 0.3) is 5.91 Å². The van der Waals surface area contributed by atoms with Gasteiger partial charge in [0.1, 0.15) is 11.8 Å². The molecule has 0 radical (unpaired) electrons. The van der Waals surface area contributed by atoms with E-state index in [9.17, 15) is 19.6 Å². The summed E-state index contributed by atoms with van der Waals surface area (Å²) >= 11 is 0. The molecular weight excluding hydrogens is 644 g/mol. The number of carbonyl (C=O) groups excluding carboxylic acids is 3. The number of H-pyrrole nitrogens is 1.